The summed E-state index contributed by atoms with van der Waals surface area (Å²) in [4.78, 5) is 27.3. The van der Waals surface area contributed by atoms with Crippen molar-refractivity contribution in [2.45, 2.75) is 39.7 Å². The standard InChI is InChI=1S/C23H25FN4O3/c1-14-4-9-20(31-14)22(29)25-18-10-12-27(13-11-18)23(30)21-15(2)26-28(16(21)3)19-7-5-17(24)6-8-19/h4-9,18H,10-13H2,1-3H3,(H,25,29). The van der Waals surface area contributed by atoms with Crippen LogP contribution in [0.15, 0.2) is 40.8 Å². The number of furan rings is 1. The van der Waals surface area contributed by atoms with E-state index in [4.69, 9.17) is 4.42 Å². The van der Waals surface area contributed by atoms with Gasteiger partial charge in [0.2, 0.25) is 0 Å². The lowest BCUT2D eigenvalue weighted by Crippen LogP contribution is -2.46. The van der Waals surface area contributed by atoms with Crippen LogP contribution in [0.25, 0.3) is 5.69 Å². The van der Waals surface area contributed by atoms with Crippen LogP contribution in [0.3, 0.4) is 0 Å². The van der Waals surface area contributed by atoms with Crippen LogP contribution in [0.4, 0.5) is 4.39 Å². The molecule has 1 saturated heterocycles. The fourth-order valence-electron chi connectivity index (χ4n) is 3.98. The summed E-state index contributed by atoms with van der Waals surface area (Å²) in [5.41, 5.74) is 2.63. The van der Waals surface area contributed by atoms with Crippen LogP contribution in [-0.2, 0) is 0 Å². The van der Waals surface area contributed by atoms with Crippen molar-refractivity contribution in [2.75, 3.05) is 13.1 Å². The number of rotatable bonds is 4. The molecule has 0 radical (unpaired) electrons. The highest BCUT2D eigenvalue weighted by atomic mass is 19.1. The number of halogens is 1. The molecule has 1 aromatic carbocycles. The summed E-state index contributed by atoms with van der Waals surface area (Å²) in [6.45, 7) is 6.53. The molecule has 31 heavy (non-hydrogen) atoms. The average molecular weight is 424 g/mol. The van der Waals surface area contributed by atoms with Gasteiger partial charge < -0.3 is 14.6 Å². The molecule has 0 saturated carbocycles. The Morgan fingerprint density at radius 3 is 2.35 bits per heavy atom. The van der Waals surface area contributed by atoms with E-state index >= 15 is 0 Å². The Kier molecular flexibility index (Phi) is 5.63. The molecule has 1 N–H and O–H groups in total. The number of hydrogen-bond acceptors (Lipinski definition) is 4. The minimum Gasteiger partial charge on any atom is -0.456 e. The first-order valence-electron chi connectivity index (χ1n) is 10.3. The van der Waals surface area contributed by atoms with E-state index in [9.17, 15) is 14.0 Å². The molecule has 1 aliphatic rings. The predicted molar refractivity (Wildman–Crippen MR) is 113 cm³/mol. The normalized spacial score (nSPS) is 14.6. The van der Waals surface area contributed by atoms with Crippen LogP contribution in [0, 0.1) is 26.6 Å². The topological polar surface area (TPSA) is 80.4 Å². The van der Waals surface area contributed by atoms with E-state index in [0.29, 0.717) is 54.4 Å². The molecule has 162 valence electrons. The van der Waals surface area contributed by atoms with Gasteiger partial charge in [0.1, 0.15) is 11.6 Å². The van der Waals surface area contributed by atoms with Crippen LogP contribution in [-0.4, -0.2) is 45.6 Å². The Morgan fingerprint density at radius 2 is 1.74 bits per heavy atom. The molecule has 0 bridgehead atoms. The highest BCUT2D eigenvalue weighted by molar-refractivity contribution is 5.96. The zero-order valence-electron chi connectivity index (χ0n) is 17.8. The number of nitrogens with zero attached hydrogens (tertiary/aromatic N) is 3. The second-order valence-electron chi connectivity index (χ2n) is 7.88. The molecule has 2 amide bonds. The Labute approximate surface area is 179 Å². The van der Waals surface area contributed by atoms with Crippen LogP contribution >= 0.6 is 0 Å². The number of nitrogens with one attached hydrogen (secondary N) is 1. The van der Waals surface area contributed by atoms with Crippen molar-refractivity contribution in [2.24, 2.45) is 0 Å². The maximum atomic E-state index is 13.2. The fourth-order valence-corrected chi connectivity index (χ4v) is 3.98. The van der Waals surface area contributed by atoms with Crippen molar-refractivity contribution in [3.8, 4) is 5.69 Å². The molecule has 0 aliphatic carbocycles. The first-order chi connectivity index (χ1) is 14.8. The first kappa shape index (κ1) is 20.8. The van der Waals surface area contributed by atoms with E-state index in [1.165, 1.54) is 12.1 Å². The molecule has 0 unspecified atom stereocenters. The van der Waals surface area contributed by atoms with Gasteiger partial charge >= 0.3 is 0 Å². The van der Waals surface area contributed by atoms with Crippen LogP contribution in [0.1, 0.15) is 50.9 Å². The van der Waals surface area contributed by atoms with Crippen LogP contribution in [0.2, 0.25) is 0 Å². The highest BCUT2D eigenvalue weighted by Crippen LogP contribution is 2.22. The van der Waals surface area contributed by atoms with Gasteiger partial charge in [0.15, 0.2) is 5.76 Å². The number of hydrogen-bond donors (Lipinski definition) is 1. The van der Waals surface area contributed by atoms with Gasteiger partial charge in [-0.2, -0.15) is 5.10 Å². The summed E-state index contributed by atoms with van der Waals surface area (Å²) >= 11 is 0. The number of carbonyl (C=O) groups excluding carboxylic acids is 2. The molecule has 1 aliphatic heterocycles. The maximum Gasteiger partial charge on any atom is 0.287 e. The van der Waals surface area contributed by atoms with Gasteiger partial charge in [0.25, 0.3) is 11.8 Å². The SMILES string of the molecule is Cc1ccc(C(=O)NC2CCN(C(=O)c3c(C)nn(-c4ccc(F)cc4)c3C)CC2)o1. The minimum atomic E-state index is -0.321. The van der Waals surface area contributed by atoms with Gasteiger partial charge in [-0.15, -0.1) is 0 Å². The second-order valence-corrected chi connectivity index (χ2v) is 7.88. The van der Waals surface area contributed by atoms with Crippen LogP contribution in [0.5, 0.6) is 0 Å². The molecule has 8 heteroatoms. The predicted octanol–water partition coefficient (Wildman–Crippen LogP) is 3.56. The summed E-state index contributed by atoms with van der Waals surface area (Å²) < 4.78 is 20.3. The number of benzene rings is 1. The highest BCUT2D eigenvalue weighted by Gasteiger charge is 2.29. The smallest absolute Gasteiger partial charge is 0.287 e. The Hall–Kier alpha value is -3.42. The van der Waals surface area contributed by atoms with Crippen molar-refractivity contribution >= 4 is 11.8 Å². The van der Waals surface area contributed by atoms with Crippen molar-refractivity contribution in [1.29, 1.82) is 0 Å². The lowest BCUT2D eigenvalue weighted by atomic mass is 10.0. The van der Waals surface area contributed by atoms with E-state index in [0.717, 1.165) is 5.69 Å². The molecule has 7 nitrogen and oxygen atoms in total. The van der Waals surface area contributed by atoms with Gasteiger partial charge in [-0.05, 0) is 70.0 Å². The molecular weight excluding hydrogens is 399 g/mol. The Morgan fingerprint density at radius 1 is 1.06 bits per heavy atom. The van der Waals surface area contributed by atoms with E-state index in [1.54, 1.807) is 47.7 Å². The first-order valence-corrected chi connectivity index (χ1v) is 10.3. The molecule has 0 atom stereocenters. The molecule has 0 spiro atoms. The average Bonchev–Trinajstić information content (AvgIpc) is 3.31. The third kappa shape index (κ3) is 4.23. The molecule has 3 heterocycles. The third-order valence-electron chi connectivity index (χ3n) is 5.66. The number of amides is 2. The Bertz CT molecular complexity index is 1110. The number of aryl methyl sites for hydroxylation is 2. The lowest BCUT2D eigenvalue weighted by molar-refractivity contribution is 0.0694. The van der Waals surface area contributed by atoms with Gasteiger partial charge in [-0.1, -0.05) is 0 Å². The number of piperidine rings is 1. The summed E-state index contributed by atoms with van der Waals surface area (Å²) in [6.07, 6.45) is 1.34. The third-order valence-corrected chi connectivity index (χ3v) is 5.66. The van der Waals surface area contributed by atoms with Crippen LogP contribution < -0.4 is 5.32 Å². The monoisotopic (exact) mass is 424 g/mol. The van der Waals surface area contributed by atoms with Gasteiger partial charge in [0, 0.05) is 19.1 Å². The largest absolute Gasteiger partial charge is 0.456 e. The summed E-state index contributed by atoms with van der Waals surface area (Å²) in [5, 5.41) is 7.48. The summed E-state index contributed by atoms with van der Waals surface area (Å²) in [7, 11) is 0. The summed E-state index contributed by atoms with van der Waals surface area (Å²) in [6, 6.07) is 9.43. The molecule has 3 aromatic rings. The van der Waals surface area contributed by atoms with Crippen molar-refractivity contribution in [3.05, 3.63) is 70.7 Å². The number of carbonyl (C=O) groups is 2. The number of aromatic nitrogens is 2. The molecule has 4 rings (SSSR count). The van der Waals surface area contributed by atoms with E-state index in [1.807, 2.05) is 6.92 Å². The zero-order chi connectivity index (χ0) is 22.1. The van der Waals surface area contributed by atoms with Crippen molar-refractivity contribution in [3.63, 3.8) is 0 Å². The van der Waals surface area contributed by atoms with E-state index in [-0.39, 0.29) is 23.7 Å². The number of likely N-dealkylation sites (tertiary alicyclic amines) is 1. The van der Waals surface area contributed by atoms with Crippen molar-refractivity contribution < 1.29 is 18.4 Å². The molecule has 2 aromatic heterocycles. The van der Waals surface area contributed by atoms with Gasteiger partial charge in [-0.25, -0.2) is 9.07 Å². The zero-order valence-corrected chi connectivity index (χ0v) is 17.8. The maximum absolute atomic E-state index is 13.2. The molecule has 1 fully saturated rings. The van der Waals surface area contributed by atoms with E-state index < -0.39 is 0 Å². The lowest BCUT2D eigenvalue weighted by Gasteiger charge is -2.32. The Balaban J connectivity index is 1.42. The van der Waals surface area contributed by atoms with E-state index in [2.05, 4.69) is 10.4 Å². The fraction of sp³-hybridized carbons (Fsp3) is 0.348. The summed E-state index contributed by atoms with van der Waals surface area (Å²) in [5.74, 6) is 0.367. The second kappa shape index (κ2) is 8.37. The van der Waals surface area contributed by atoms with Gasteiger partial charge in [-0.3, -0.25) is 9.59 Å². The van der Waals surface area contributed by atoms with Gasteiger partial charge in [0.05, 0.1) is 22.6 Å². The van der Waals surface area contributed by atoms with Crippen molar-refractivity contribution in [1.82, 2.24) is 20.0 Å². The quantitative estimate of drug-likeness (QED) is 0.694. The molecular formula is C23H25FN4O3. The minimum absolute atomic E-state index is 0.00825.